The third-order valence-corrected chi connectivity index (χ3v) is 5.43. The number of hydrogen-bond acceptors (Lipinski definition) is 4. The molecule has 1 unspecified atom stereocenters. The number of halogens is 1. The number of benzene rings is 2. The number of methoxy groups -OCH3 is 1. The number of thioether (sulfide) groups is 1. The third kappa shape index (κ3) is 5.94. The van der Waals surface area contributed by atoms with Gasteiger partial charge in [-0.2, -0.15) is 11.8 Å². The molecule has 4 nitrogen and oxygen atoms in total. The van der Waals surface area contributed by atoms with E-state index in [9.17, 15) is 4.79 Å². The average Bonchev–Trinajstić information content (AvgIpc) is 2.68. The van der Waals surface area contributed by atoms with Crippen molar-refractivity contribution in [3.63, 3.8) is 0 Å². The van der Waals surface area contributed by atoms with Crippen molar-refractivity contribution in [2.75, 3.05) is 25.2 Å². The maximum Gasteiger partial charge on any atom is 0.221 e. The fourth-order valence-electron chi connectivity index (χ4n) is 2.85. The van der Waals surface area contributed by atoms with Crippen LogP contribution < -0.4 is 15.4 Å². The van der Waals surface area contributed by atoms with Gasteiger partial charge in [0.15, 0.2) is 0 Å². The molecule has 2 N–H and O–H groups in total. The largest absolute Gasteiger partial charge is 0.497 e. The molecule has 1 heterocycles. The Bertz CT molecular complexity index is 686. The normalized spacial score (nSPS) is 16.4. The lowest BCUT2D eigenvalue weighted by Gasteiger charge is -2.22. The molecule has 2 aromatic carbocycles. The lowest BCUT2D eigenvalue weighted by atomic mass is 10.0. The fourth-order valence-corrected chi connectivity index (χ4v) is 3.80. The Balaban J connectivity index is 0.00000243. The maximum absolute atomic E-state index is 12.1. The molecule has 140 valence electrons. The summed E-state index contributed by atoms with van der Waals surface area (Å²) < 4.78 is 5.19. The maximum atomic E-state index is 12.1. The Morgan fingerprint density at radius 1 is 1.15 bits per heavy atom. The third-order valence-electron chi connectivity index (χ3n) is 4.30. The van der Waals surface area contributed by atoms with Crippen LogP contribution in [0.4, 0.5) is 0 Å². The number of ether oxygens (including phenoxy) is 1. The Morgan fingerprint density at radius 2 is 1.81 bits per heavy atom. The Hall–Kier alpha value is -1.69. The van der Waals surface area contributed by atoms with Crippen molar-refractivity contribution in [2.24, 2.45) is 0 Å². The summed E-state index contributed by atoms with van der Waals surface area (Å²) in [6.07, 6.45) is 0.553. The van der Waals surface area contributed by atoms with Crippen LogP contribution in [0.1, 0.15) is 12.0 Å². The number of amides is 1. The highest BCUT2D eigenvalue weighted by molar-refractivity contribution is 7.99. The molecular weight excluding hydrogens is 368 g/mol. The smallest absolute Gasteiger partial charge is 0.221 e. The van der Waals surface area contributed by atoms with Crippen molar-refractivity contribution < 1.29 is 9.53 Å². The van der Waals surface area contributed by atoms with Gasteiger partial charge in [0.2, 0.25) is 5.91 Å². The zero-order chi connectivity index (χ0) is 17.5. The van der Waals surface area contributed by atoms with E-state index < -0.39 is 0 Å². The van der Waals surface area contributed by atoms with E-state index >= 15 is 0 Å². The van der Waals surface area contributed by atoms with Gasteiger partial charge in [0.25, 0.3) is 0 Å². The summed E-state index contributed by atoms with van der Waals surface area (Å²) in [5.74, 6) is 3.12. The van der Waals surface area contributed by atoms with Crippen LogP contribution in [0.3, 0.4) is 0 Å². The summed E-state index contributed by atoms with van der Waals surface area (Å²) in [4.78, 5) is 12.1. The SMILES string of the molecule is COc1ccc(-c2ccc(CNC(=O)CC3CSCCN3)cc2)cc1.Cl. The van der Waals surface area contributed by atoms with Crippen molar-refractivity contribution in [1.82, 2.24) is 10.6 Å². The highest BCUT2D eigenvalue weighted by Crippen LogP contribution is 2.22. The van der Waals surface area contributed by atoms with Gasteiger partial charge in [-0.15, -0.1) is 12.4 Å². The number of hydrogen-bond donors (Lipinski definition) is 2. The summed E-state index contributed by atoms with van der Waals surface area (Å²) >= 11 is 1.91. The van der Waals surface area contributed by atoms with E-state index in [1.165, 1.54) is 0 Å². The summed E-state index contributed by atoms with van der Waals surface area (Å²) in [5, 5.41) is 6.41. The first-order chi connectivity index (χ1) is 12.2. The monoisotopic (exact) mass is 392 g/mol. The molecule has 0 radical (unpaired) electrons. The lowest BCUT2D eigenvalue weighted by molar-refractivity contribution is -0.121. The number of rotatable bonds is 6. The van der Waals surface area contributed by atoms with Crippen molar-refractivity contribution in [3.8, 4) is 16.9 Å². The van der Waals surface area contributed by atoms with Gasteiger partial charge in [0, 0.05) is 37.1 Å². The first-order valence-electron chi connectivity index (χ1n) is 8.56. The molecule has 1 atom stereocenters. The molecule has 1 aliphatic heterocycles. The summed E-state index contributed by atoms with van der Waals surface area (Å²) in [5.41, 5.74) is 3.41. The minimum absolute atomic E-state index is 0. The molecule has 26 heavy (non-hydrogen) atoms. The van der Waals surface area contributed by atoms with Crippen molar-refractivity contribution in [2.45, 2.75) is 19.0 Å². The molecule has 0 aromatic heterocycles. The number of nitrogens with one attached hydrogen (secondary N) is 2. The first-order valence-corrected chi connectivity index (χ1v) is 9.71. The molecule has 0 bridgehead atoms. The molecular formula is C20H25ClN2O2S. The van der Waals surface area contributed by atoms with Crippen molar-refractivity contribution in [3.05, 3.63) is 54.1 Å². The number of carbonyl (C=O) groups excluding carboxylic acids is 1. The Labute approximate surface area is 165 Å². The van der Waals surface area contributed by atoms with E-state index in [2.05, 4.69) is 34.9 Å². The molecule has 1 aliphatic rings. The summed E-state index contributed by atoms with van der Waals surface area (Å²) in [6.45, 7) is 1.57. The predicted molar refractivity (Wildman–Crippen MR) is 111 cm³/mol. The van der Waals surface area contributed by atoms with Crippen LogP contribution in [-0.2, 0) is 11.3 Å². The zero-order valence-corrected chi connectivity index (χ0v) is 16.5. The molecule has 1 fully saturated rings. The van der Waals surface area contributed by atoms with E-state index in [1.54, 1.807) is 7.11 Å². The summed E-state index contributed by atoms with van der Waals surface area (Å²) in [7, 11) is 1.67. The van der Waals surface area contributed by atoms with Crippen LogP contribution in [0.15, 0.2) is 48.5 Å². The van der Waals surface area contributed by atoms with Gasteiger partial charge in [0.05, 0.1) is 7.11 Å². The quantitative estimate of drug-likeness (QED) is 0.790. The minimum Gasteiger partial charge on any atom is -0.497 e. The van der Waals surface area contributed by atoms with Gasteiger partial charge in [0.1, 0.15) is 5.75 Å². The van der Waals surface area contributed by atoms with Gasteiger partial charge in [-0.1, -0.05) is 36.4 Å². The van der Waals surface area contributed by atoms with Crippen LogP contribution in [0, 0.1) is 0 Å². The van der Waals surface area contributed by atoms with Crippen LogP contribution >= 0.6 is 24.2 Å². The van der Waals surface area contributed by atoms with Gasteiger partial charge in [-0.25, -0.2) is 0 Å². The van der Waals surface area contributed by atoms with E-state index in [4.69, 9.17) is 4.74 Å². The Kier molecular flexibility index (Phi) is 8.29. The molecule has 2 aromatic rings. The van der Waals surface area contributed by atoms with Gasteiger partial charge in [-0.05, 0) is 28.8 Å². The van der Waals surface area contributed by atoms with Crippen molar-refractivity contribution >= 4 is 30.1 Å². The number of carbonyl (C=O) groups is 1. The molecule has 0 saturated carbocycles. The lowest BCUT2D eigenvalue weighted by Crippen LogP contribution is -2.41. The second-order valence-corrected chi connectivity index (χ2v) is 7.28. The van der Waals surface area contributed by atoms with E-state index in [1.807, 2.05) is 36.0 Å². The first kappa shape index (κ1) is 20.6. The topological polar surface area (TPSA) is 50.4 Å². The van der Waals surface area contributed by atoms with Crippen LogP contribution in [0.25, 0.3) is 11.1 Å². The standard InChI is InChI=1S/C20H24N2O2S.ClH/c1-24-19-8-6-17(7-9-19)16-4-2-15(3-5-16)13-22-20(23)12-18-14-25-11-10-21-18;/h2-9,18,21H,10-14H2,1H3,(H,22,23);1H. The predicted octanol–water partition coefficient (Wildman–Crippen LogP) is 3.50. The highest BCUT2D eigenvalue weighted by Gasteiger charge is 2.16. The van der Waals surface area contributed by atoms with Crippen LogP contribution in [0.2, 0.25) is 0 Å². The van der Waals surface area contributed by atoms with E-state index in [0.29, 0.717) is 19.0 Å². The molecule has 6 heteroatoms. The molecule has 1 saturated heterocycles. The van der Waals surface area contributed by atoms with Crippen LogP contribution in [0.5, 0.6) is 5.75 Å². The zero-order valence-electron chi connectivity index (χ0n) is 14.9. The fraction of sp³-hybridized carbons (Fsp3) is 0.350. The molecule has 1 amide bonds. The van der Waals surface area contributed by atoms with E-state index in [0.717, 1.165) is 40.5 Å². The van der Waals surface area contributed by atoms with Crippen LogP contribution in [-0.4, -0.2) is 37.1 Å². The van der Waals surface area contributed by atoms with Crippen molar-refractivity contribution in [1.29, 1.82) is 0 Å². The molecule has 3 rings (SSSR count). The van der Waals surface area contributed by atoms with Gasteiger partial charge < -0.3 is 15.4 Å². The van der Waals surface area contributed by atoms with Gasteiger partial charge >= 0.3 is 0 Å². The van der Waals surface area contributed by atoms with E-state index in [-0.39, 0.29) is 18.3 Å². The highest BCUT2D eigenvalue weighted by atomic mass is 35.5. The molecule has 0 spiro atoms. The van der Waals surface area contributed by atoms with Gasteiger partial charge in [-0.3, -0.25) is 4.79 Å². The molecule has 0 aliphatic carbocycles. The Morgan fingerprint density at radius 3 is 2.38 bits per heavy atom. The second-order valence-electron chi connectivity index (χ2n) is 6.13. The second kappa shape index (κ2) is 10.5. The average molecular weight is 393 g/mol. The minimum atomic E-state index is 0. The summed E-state index contributed by atoms with van der Waals surface area (Å²) in [6, 6.07) is 16.6.